The highest BCUT2D eigenvalue weighted by molar-refractivity contribution is 8.06. The zero-order chi connectivity index (χ0) is 63.1. The number of hydrogen-bond acceptors (Lipinski definition) is 15. The second-order valence-electron chi connectivity index (χ2n) is 22.3. The van der Waals surface area contributed by atoms with Gasteiger partial charge in [-0.2, -0.15) is 0 Å². The second-order valence-corrected chi connectivity index (χ2v) is 24.2. The number of carbonyl (C=O) groups excluding carboxylic acids is 2. The van der Waals surface area contributed by atoms with Gasteiger partial charge in [0.1, 0.15) is 36.6 Å². The number of benzene rings is 9. The minimum atomic E-state index is -4.27. The van der Waals surface area contributed by atoms with Crippen LogP contribution < -0.4 is 50.7 Å². The molecule has 0 saturated carbocycles. The number of methoxy groups -OCH3 is 4. The van der Waals surface area contributed by atoms with Crippen molar-refractivity contribution in [3.8, 4) is 34.5 Å². The van der Waals surface area contributed by atoms with E-state index in [1.54, 1.807) is 84.6 Å². The van der Waals surface area contributed by atoms with Gasteiger partial charge in [0.15, 0.2) is 23.0 Å². The molecule has 2 heterocycles. The van der Waals surface area contributed by atoms with Gasteiger partial charge < -0.3 is 44.6 Å². The number of nitrogens with zero attached hydrogens (tertiary/aromatic N) is 2. The Labute approximate surface area is 526 Å². The van der Waals surface area contributed by atoms with Gasteiger partial charge in [0.2, 0.25) is 15.0 Å². The van der Waals surface area contributed by atoms with Gasteiger partial charge in [-0.15, -0.1) is 0 Å². The first-order chi connectivity index (χ1) is 43.0. The van der Waals surface area contributed by atoms with Crippen LogP contribution in [0.2, 0.25) is 0 Å². The summed E-state index contributed by atoms with van der Waals surface area (Å²) in [5, 5.41) is 16.6. The van der Waals surface area contributed by atoms with Gasteiger partial charge in [0.25, 0.3) is 0 Å². The smallest absolute Gasteiger partial charge is 0.410 e. The van der Waals surface area contributed by atoms with Gasteiger partial charge in [0, 0.05) is 18.7 Å². The second kappa shape index (κ2) is 30.5. The predicted octanol–water partition coefficient (Wildman–Crippen LogP) is 14.0. The fourth-order valence-electron chi connectivity index (χ4n) is 10.5. The van der Waals surface area contributed by atoms with Crippen LogP contribution in [0.4, 0.5) is 10.5 Å². The topological polar surface area (TPSA) is 236 Å². The molecular weight excluding hydrogens is 1160 g/mol. The molecule has 0 spiro atoms. The SMILES string of the molecule is COc1cc2c(cc1OCc1ccccc1)CCN(C(=O)OC(C)(C)C)C2CS(=O)(=O)C(=N)N(N)c1ccccc1.COc1ccc2cc(/C=C/C3NCCc4cc(OCc5ccccc5)c(OC)cc43)ccc2c1.COc1ccc2cc(C=O)ccc2c1.N. The van der Waals surface area contributed by atoms with Gasteiger partial charge in [-0.1, -0.05) is 127 Å². The zero-order valence-corrected chi connectivity index (χ0v) is 52.6. The Kier molecular flexibility index (Phi) is 22.4. The zero-order valence-electron chi connectivity index (χ0n) is 51.8. The molecule has 18 heteroatoms. The molecule has 2 aliphatic heterocycles. The van der Waals surface area contributed by atoms with Crippen molar-refractivity contribution in [2.45, 2.75) is 64.5 Å². The molecule has 0 fully saturated rings. The molecule has 0 radical (unpaired) electrons. The van der Waals surface area contributed by atoms with E-state index in [0.29, 0.717) is 47.9 Å². The Morgan fingerprint density at radius 2 is 1.11 bits per heavy atom. The van der Waals surface area contributed by atoms with E-state index < -0.39 is 38.5 Å². The quantitative estimate of drug-likeness (QED) is 0.0231. The first-order valence-corrected chi connectivity index (χ1v) is 30.8. The number of ether oxygens (including phenoxy) is 7. The Morgan fingerprint density at radius 3 is 1.63 bits per heavy atom. The largest absolute Gasteiger partial charge is 0.497 e. The molecule has 17 nitrogen and oxygen atoms in total. The Bertz CT molecular complexity index is 4070. The Hall–Kier alpha value is -9.72. The lowest BCUT2D eigenvalue weighted by Gasteiger charge is -2.38. The fourth-order valence-corrected chi connectivity index (χ4v) is 11.8. The van der Waals surface area contributed by atoms with Gasteiger partial charge in [-0.05, 0) is 167 Å². The molecule has 0 bridgehead atoms. The summed E-state index contributed by atoms with van der Waals surface area (Å²) in [6.07, 6.45) is 6.02. The van der Waals surface area contributed by atoms with Crippen molar-refractivity contribution >= 4 is 60.7 Å². The maximum Gasteiger partial charge on any atom is 0.410 e. The highest BCUT2D eigenvalue weighted by Gasteiger charge is 2.39. The number of amides is 1. The molecule has 7 N–H and O–H groups in total. The molecule has 2 atom stereocenters. The number of hydrazine groups is 1. The minimum absolute atomic E-state index is 0. The highest BCUT2D eigenvalue weighted by atomic mass is 32.2. The standard InChI is InChI=1S/C30H36N4O6S.C30H29NO3.C12H10O2.H3N/c1-30(2,3)40-29(35)33-16-15-22-17-27(39-19-21-11-7-5-8-12-21)26(38-4)18-24(22)25(33)20-41(36,37)28(31)34(32)23-13-9-6-10-14-23;1-32-26-12-11-23-16-21(8-10-24(23)17-26)9-13-28-27-19-29(33-2)30(18-25(27)14-15-31-28)34-20-22-6-4-3-5-7-22;1-14-12-5-4-10-6-9(8-13)2-3-11(10)7-12;/h5-14,17-18,25,31H,15-16,19-20,32H2,1-4H3;3-13,16-19,28,31H,14-15,20H2,1-2H3;2-8H,1H3;1H3/b;13-9+;;. The van der Waals surface area contributed by atoms with Gasteiger partial charge in [0.05, 0.1) is 52.0 Å². The van der Waals surface area contributed by atoms with Crippen LogP contribution in [0.1, 0.15) is 82.2 Å². The van der Waals surface area contributed by atoms with Gasteiger partial charge >= 0.3 is 6.09 Å². The van der Waals surface area contributed by atoms with Crippen molar-refractivity contribution in [1.82, 2.24) is 16.4 Å². The number of amidine groups is 1. The minimum Gasteiger partial charge on any atom is -0.497 e. The summed E-state index contributed by atoms with van der Waals surface area (Å²) in [7, 11) is 2.26. The molecular formula is C72H78N6O11S. The lowest BCUT2D eigenvalue weighted by molar-refractivity contribution is 0.0162. The number of nitrogens with one attached hydrogen (secondary N) is 2. The summed E-state index contributed by atoms with van der Waals surface area (Å²) in [6, 6.07) is 59.2. The Balaban J connectivity index is 0.000000191. The van der Waals surface area contributed by atoms with Crippen molar-refractivity contribution < 1.29 is 51.2 Å². The molecule has 11 rings (SSSR count). The van der Waals surface area contributed by atoms with Crippen LogP contribution in [0, 0.1) is 5.41 Å². The van der Waals surface area contributed by atoms with Crippen molar-refractivity contribution in [3.63, 3.8) is 0 Å². The monoisotopic (exact) mass is 1230 g/mol. The third-order valence-electron chi connectivity index (χ3n) is 15.1. The van der Waals surface area contributed by atoms with Crippen LogP contribution in [-0.2, 0) is 40.6 Å². The summed E-state index contributed by atoms with van der Waals surface area (Å²) in [5.74, 6) is 9.62. The lowest BCUT2D eigenvalue weighted by Crippen LogP contribution is -2.48. The van der Waals surface area contributed by atoms with E-state index >= 15 is 0 Å². The summed E-state index contributed by atoms with van der Waals surface area (Å²) in [5.41, 5.74) is 7.45. The molecule has 1 amide bonds. The van der Waals surface area contributed by atoms with E-state index in [1.807, 2.05) is 91.0 Å². The normalized spacial score (nSPS) is 14.2. The number of carbonyl (C=O) groups is 2. The molecule has 90 heavy (non-hydrogen) atoms. The van der Waals surface area contributed by atoms with E-state index in [9.17, 15) is 18.0 Å². The van der Waals surface area contributed by atoms with E-state index in [-0.39, 0.29) is 18.7 Å². The summed E-state index contributed by atoms with van der Waals surface area (Å²) in [4.78, 5) is 25.2. The molecule has 2 aliphatic rings. The highest BCUT2D eigenvalue weighted by Crippen LogP contribution is 2.41. The third-order valence-corrected chi connectivity index (χ3v) is 16.6. The first kappa shape index (κ1) is 66.2. The summed E-state index contributed by atoms with van der Waals surface area (Å²) in [6.45, 7) is 7.21. The van der Waals surface area contributed by atoms with Crippen LogP contribution in [0.15, 0.2) is 194 Å². The molecule has 0 aromatic heterocycles. The number of rotatable bonds is 16. The number of aldehydes is 1. The maximum absolute atomic E-state index is 13.6. The van der Waals surface area contributed by atoms with Crippen LogP contribution in [-0.4, -0.2) is 83.7 Å². The van der Waals surface area contributed by atoms with Gasteiger partial charge in [-0.3, -0.25) is 20.1 Å². The predicted molar refractivity (Wildman–Crippen MR) is 356 cm³/mol. The fraction of sp³-hybridized carbons (Fsp3) is 0.236. The summed E-state index contributed by atoms with van der Waals surface area (Å²) < 4.78 is 66.7. The average Bonchev–Trinajstić information content (AvgIpc) is 0.811. The maximum atomic E-state index is 13.6. The molecule has 0 aliphatic carbocycles. The van der Waals surface area contributed by atoms with Crippen molar-refractivity contribution in [1.29, 1.82) is 5.41 Å². The summed E-state index contributed by atoms with van der Waals surface area (Å²) >= 11 is 0. The van der Waals surface area contributed by atoms with Crippen LogP contribution in [0.25, 0.3) is 27.6 Å². The number of fused-ring (bicyclic) bond motifs is 4. The molecule has 468 valence electrons. The lowest BCUT2D eigenvalue weighted by atomic mass is 9.93. The van der Waals surface area contributed by atoms with E-state index in [0.717, 1.165) is 74.7 Å². The van der Waals surface area contributed by atoms with Crippen LogP contribution in [0.3, 0.4) is 0 Å². The number of sulfone groups is 1. The van der Waals surface area contributed by atoms with Crippen LogP contribution >= 0.6 is 0 Å². The molecule has 9 aromatic rings. The average molecular weight is 1240 g/mol. The van der Waals surface area contributed by atoms with Crippen LogP contribution in [0.5, 0.6) is 34.5 Å². The van der Waals surface area contributed by atoms with Crippen molar-refractivity contribution in [2.24, 2.45) is 5.84 Å². The van der Waals surface area contributed by atoms with E-state index in [2.05, 4.69) is 72.1 Å². The number of para-hydroxylation sites is 1. The van der Waals surface area contributed by atoms with E-state index in [4.69, 9.17) is 44.4 Å². The third kappa shape index (κ3) is 16.9. The van der Waals surface area contributed by atoms with Crippen molar-refractivity contribution in [3.05, 3.63) is 239 Å². The number of hydrogen-bond donors (Lipinski definition) is 4. The number of anilines is 1. The molecule has 0 saturated heterocycles. The first-order valence-electron chi connectivity index (χ1n) is 29.1. The Morgan fingerprint density at radius 1 is 0.622 bits per heavy atom. The molecule has 2 unspecified atom stereocenters. The van der Waals surface area contributed by atoms with Gasteiger partial charge in [-0.25, -0.2) is 19.1 Å². The number of nitrogens with two attached hydrogens (primary N) is 1. The van der Waals surface area contributed by atoms with Crippen molar-refractivity contribution in [2.75, 3.05) is 52.3 Å². The van der Waals surface area contributed by atoms with E-state index in [1.165, 1.54) is 39.5 Å². The molecule has 9 aromatic carbocycles.